The quantitative estimate of drug-likeness (QED) is 0.894. The van der Waals surface area contributed by atoms with Gasteiger partial charge in [0.25, 0.3) is 0 Å². The van der Waals surface area contributed by atoms with Gasteiger partial charge in [-0.25, -0.2) is 14.2 Å². The average Bonchev–Trinajstić information content (AvgIpc) is 2.97. The second-order valence-electron chi connectivity index (χ2n) is 5.46. The van der Waals surface area contributed by atoms with Crippen LogP contribution in [0.2, 0.25) is 0 Å². The van der Waals surface area contributed by atoms with Crippen LogP contribution in [0.1, 0.15) is 30.5 Å². The number of rotatable bonds is 5. The summed E-state index contributed by atoms with van der Waals surface area (Å²) in [7, 11) is 3.10. The SMILES string of the molecule is COc1ccc(NC(=O)N(C)Cc2csc(C(C)C)n2)c(F)c1. The highest BCUT2D eigenvalue weighted by Crippen LogP contribution is 2.22. The Morgan fingerprint density at radius 3 is 2.78 bits per heavy atom. The number of urea groups is 1. The number of carbonyl (C=O) groups is 1. The van der Waals surface area contributed by atoms with Gasteiger partial charge in [0.15, 0.2) is 0 Å². The summed E-state index contributed by atoms with van der Waals surface area (Å²) in [4.78, 5) is 18.1. The fourth-order valence-corrected chi connectivity index (χ4v) is 2.74. The highest BCUT2D eigenvalue weighted by molar-refractivity contribution is 7.09. The van der Waals surface area contributed by atoms with Crippen molar-refractivity contribution in [2.24, 2.45) is 0 Å². The number of anilines is 1. The molecule has 1 aromatic carbocycles. The van der Waals surface area contributed by atoms with E-state index in [1.54, 1.807) is 24.5 Å². The van der Waals surface area contributed by atoms with Crippen LogP contribution < -0.4 is 10.1 Å². The van der Waals surface area contributed by atoms with E-state index in [-0.39, 0.29) is 5.69 Å². The third kappa shape index (κ3) is 4.41. The van der Waals surface area contributed by atoms with E-state index in [1.807, 2.05) is 5.38 Å². The molecule has 0 bridgehead atoms. The first-order valence-electron chi connectivity index (χ1n) is 7.20. The van der Waals surface area contributed by atoms with Crippen LogP contribution in [-0.4, -0.2) is 30.1 Å². The van der Waals surface area contributed by atoms with Gasteiger partial charge in [-0.3, -0.25) is 0 Å². The van der Waals surface area contributed by atoms with Gasteiger partial charge in [0.1, 0.15) is 11.6 Å². The minimum Gasteiger partial charge on any atom is -0.497 e. The van der Waals surface area contributed by atoms with Gasteiger partial charge in [0.05, 0.1) is 30.0 Å². The number of aromatic nitrogens is 1. The van der Waals surface area contributed by atoms with Gasteiger partial charge in [-0.05, 0) is 12.1 Å². The number of thiazole rings is 1. The number of halogens is 1. The molecule has 1 heterocycles. The maximum atomic E-state index is 13.9. The van der Waals surface area contributed by atoms with Crippen LogP contribution in [0, 0.1) is 5.82 Å². The normalized spacial score (nSPS) is 10.7. The molecule has 0 aliphatic carbocycles. The van der Waals surface area contributed by atoms with E-state index in [1.165, 1.54) is 24.1 Å². The topological polar surface area (TPSA) is 54.5 Å². The van der Waals surface area contributed by atoms with Gasteiger partial charge in [-0.15, -0.1) is 11.3 Å². The number of amides is 2. The maximum Gasteiger partial charge on any atom is 0.322 e. The standard InChI is InChI=1S/C16H20FN3O2S/c1-10(2)15-18-11(9-23-15)8-20(3)16(21)19-14-6-5-12(22-4)7-13(14)17/h5-7,9-10H,8H2,1-4H3,(H,19,21). The Bertz CT molecular complexity index is 688. The predicted molar refractivity (Wildman–Crippen MR) is 89.6 cm³/mol. The Labute approximate surface area is 139 Å². The second-order valence-corrected chi connectivity index (χ2v) is 6.35. The van der Waals surface area contributed by atoms with Crippen LogP contribution in [0.15, 0.2) is 23.6 Å². The fourth-order valence-electron chi connectivity index (χ4n) is 1.91. The molecule has 2 aromatic rings. The highest BCUT2D eigenvalue weighted by atomic mass is 32.1. The van der Waals surface area contributed by atoms with Gasteiger partial charge < -0.3 is 15.0 Å². The summed E-state index contributed by atoms with van der Waals surface area (Å²) in [5, 5.41) is 5.52. The molecule has 5 nitrogen and oxygen atoms in total. The molecule has 0 saturated carbocycles. The van der Waals surface area contributed by atoms with Crippen molar-refractivity contribution in [2.75, 3.05) is 19.5 Å². The molecule has 0 aliphatic heterocycles. The number of hydrogen-bond donors (Lipinski definition) is 1. The van der Waals surface area contributed by atoms with Crippen molar-refractivity contribution in [1.29, 1.82) is 0 Å². The summed E-state index contributed by atoms with van der Waals surface area (Å²) in [5.74, 6) is 0.223. The van der Waals surface area contributed by atoms with Crippen molar-refractivity contribution in [3.05, 3.63) is 40.1 Å². The van der Waals surface area contributed by atoms with Crippen LogP contribution >= 0.6 is 11.3 Å². The highest BCUT2D eigenvalue weighted by Gasteiger charge is 2.14. The third-order valence-corrected chi connectivity index (χ3v) is 4.42. The van der Waals surface area contributed by atoms with E-state index in [2.05, 4.69) is 24.1 Å². The van der Waals surface area contributed by atoms with E-state index < -0.39 is 11.8 Å². The summed E-state index contributed by atoms with van der Waals surface area (Å²) in [6, 6.07) is 3.90. The molecule has 0 aliphatic rings. The summed E-state index contributed by atoms with van der Waals surface area (Å²) in [6.45, 7) is 4.52. The molecule has 2 rings (SSSR count). The molecule has 1 N–H and O–H groups in total. The van der Waals surface area contributed by atoms with E-state index in [9.17, 15) is 9.18 Å². The monoisotopic (exact) mass is 337 g/mol. The Kier molecular flexibility index (Phi) is 5.54. The molecule has 7 heteroatoms. The molecule has 124 valence electrons. The van der Waals surface area contributed by atoms with Crippen molar-refractivity contribution in [3.63, 3.8) is 0 Å². The first-order chi connectivity index (χ1) is 10.9. The van der Waals surface area contributed by atoms with Crippen LogP contribution in [0.3, 0.4) is 0 Å². The zero-order valence-corrected chi connectivity index (χ0v) is 14.4. The average molecular weight is 337 g/mol. The molecule has 0 saturated heterocycles. The number of nitrogens with one attached hydrogen (secondary N) is 1. The molecule has 0 radical (unpaired) electrons. The Morgan fingerprint density at radius 1 is 1.48 bits per heavy atom. The van der Waals surface area contributed by atoms with Gasteiger partial charge >= 0.3 is 6.03 Å². The number of carbonyl (C=O) groups excluding carboxylic acids is 1. The molecular weight excluding hydrogens is 317 g/mol. The minimum absolute atomic E-state index is 0.115. The van der Waals surface area contributed by atoms with Crippen molar-refractivity contribution >= 4 is 23.1 Å². The first-order valence-corrected chi connectivity index (χ1v) is 8.08. The number of ether oxygens (including phenoxy) is 1. The van der Waals surface area contributed by atoms with Crippen molar-refractivity contribution < 1.29 is 13.9 Å². The number of methoxy groups -OCH3 is 1. The van der Waals surface area contributed by atoms with Crippen LogP contribution in [0.5, 0.6) is 5.75 Å². The van der Waals surface area contributed by atoms with E-state index in [0.717, 1.165) is 10.7 Å². The summed E-state index contributed by atoms with van der Waals surface area (Å²) in [6.07, 6.45) is 0. The summed E-state index contributed by atoms with van der Waals surface area (Å²) in [5.41, 5.74) is 0.940. The zero-order chi connectivity index (χ0) is 17.0. The van der Waals surface area contributed by atoms with Gasteiger partial charge in [0.2, 0.25) is 0 Å². The number of nitrogens with zero attached hydrogens (tertiary/aromatic N) is 2. The zero-order valence-electron chi connectivity index (χ0n) is 13.6. The van der Waals surface area contributed by atoms with Gasteiger partial charge in [-0.2, -0.15) is 0 Å². The molecule has 1 aromatic heterocycles. The minimum atomic E-state index is -0.540. The summed E-state index contributed by atoms with van der Waals surface area (Å²) < 4.78 is 18.8. The lowest BCUT2D eigenvalue weighted by Crippen LogP contribution is -2.31. The summed E-state index contributed by atoms with van der Waals surface area (Å²) >= 11 is 1.58. The van der Waals surface area contributed by atoms with E-state index >= 15 is 0 Å². The Morgan fingerprint density at radius 2 is 2.22 bits per heavy atom. The fraction of sp³-hybridized carbons (Fsp3) is 0.375. The predicted octanol–water partition coefficient (Wildman–Crippen LogP) is 4.08. The van der Waals surface area contributed by atoms with Crippen molar-refractivity contribution in [1.82, 2.24) is 9.88 Å². The Balaban J connectivity index is 1.99. The largest absolute Gasteiger partial charge is 0.497 e. The second kappa shape index (κ2) is 7.41. The smallest absolute Gasteiger partial charge is 0.322 e. The van der Waals surface area contributed by atoms with Crippen molar-refractivity contribution in [3.8, 4) is 5.75 Å². The van der Waals surface area contributed by atoms with Crippen molar-refractivity contribution in [2.45, 2.75) is 26.3 Å². The lowest BCUT2D eigenvalue weighted by molar-refractivity contribution is 0.220. The van der Waals surface area contributed by atoms with Gasteiger partial charge in [0, 0.05) is 24.4 Å². The molecule has 0 unspecified atom stereocenters. The van der Waals surface area contributed by atoms with E-state index in [0.29, 0.717) is 18.2 Å². The molecule has 0 fully saturated rings. The van der Waals surface area contributed by atoms with Crippen LogP contribution in [0.25, 0.3) is 0 Å². The first kappa shape index (κ1) is 17.2. The molecule has 2 amide bonds. The third-order valence-electron chi connectivity index (χ3n) is 3.23. The molecule has 0 atom stereocenters. The van der Waals surface area contributed by atoms with E-state index in [4.69, 9.17) is 4.74 Å². The maximum absolute atomic E-state index is 13.9. The number of benzene rings is 1. The van der Waals surface area contributed by atoms with Crippen LogP contribution in [0.4, 0.5) is 14.9 Å². The Hall–Kier alpha value is -2.15. The van der Waals surface area contributed by atoms with Gasteiger partial charge in [-0.1, -0.05) is 13.8 Å². The molecular formula is C16H20FN3O2S. The number of hydrogen-bond acceptors (Lipinski definition) is 4. The molecule has 23 heavy (non-hydrogen) atoms. The lowest BCUT2D eigenvalue weighted by atomic mass is 10.2. The van der Waals surface area contributed by atoms with Crippen LogP contribution in [-0.2, 0) is 6.54 Å². The molecule has 0 spiro atoms. The lowest BCUT2D eigenvalue weighted by Gasteiger charge is -2.17.